The highest BCUT2D eigenvalue weighted by atomic mass is 32.2. The maximum absolute atomic E-state index is 12.6. The van der Waals surface area contributed by atoms with E-state index in [1.807, 2.05) is 6.07 Å². The molecule has 4 unspecified atom stereocenters. The van der Waals surface area contributed by atoms with E-state index in [9.17, 15) is 19.2 Å². The maximum atomic E-state index is 12.6. The zero-order valence-electron chi connectivity index (χ0n) is 15.3. The zero-order valence-corrected chi connectivity index (χ0v) is 16.1. The van der Waals surface area contributed by atoms with E-state index in [2.05, 4.69) is 5.32 Å². The van der Waals surface area contributed by atoms with E-state index in [0.717, 1.165) is 0 Å². The average molecular weight is 408 g/mol. The molecular formula is C18H20N2O7S. The number of esters is 1. The van der Waals surface area contributed by atoms with E-state index in [0.29, 0.717) is 5.75 Å². The van der Waals surface area contributed by atoms with Gasteiger partial charge in [-0.3, -0.25) is 14.4 Å². The summed E-state index contributed by atoms with van der Waals surface area (Å²) in [6.45, 7) is 1.69. The lowest BCUT2D eigenvalue weighted by atomic mass is 9.95. The average Bonchev–Trinajstić information content (AvgIpc) is 2.99. The summed E-state index contributed by atoms with van der Waals surface area (Å²) in [5, 5.41) is 2.18. The molecule has 3 rings (SSSR count). The Labute approximate surface area is 165 Å². The number of nitrogens with one attached hydrogen (secondary N) is 1. The summed E-state index contributed by atoms with van der Waals surface area (Å²) in [5.74, 6) is -0.901. The Kier molecular flexibility index (Phi) is 5.78. The molecule has 10 heteroatoms. The molecule has 0 aromatic heterocycles. The lowest BCUT2D eigenvalue weighted by Gasteiger charge is -2.43. The van der Waals surface area contributed by atoms with Gasteiger partial charge in [0.1, 0.15) is 29.8 Å². The number of thioether (sulfide) groups is 1. The minimum atomic E-state index is -0.909. The Balaban J connectivity index is 1.64. The van der Waals surface area contributed by atoms with E-state index < -0.39 is 40.0 Å². The highest BCUT2D eigenvalue weighted by molar-refractivity contribution is 8.01. The number of fused-ring (bicyclic) bond motifs is 1. The maximum Gasteiger partial charge on any atom is 0.330 e. The summed E-state index contributed by atoms with van der Waals surface area (Å²) in [6.07, 6.45) is 0. The smallest absolute Gasteiger partial charge is 0.330 e. The van der Waals surface area contributed by atoms with Gasteiger partial charge in [0.05, 0.1) is 11.9 Å². The number of rotatable bonds is 8. The van der Waals surface area contributed by atoms with Crippen LogP contribution < -0.4 is 10.1 Å². The van der Waals surface area contributed by atoms with Crippen molar-refractivity contribution in [3.05, 3.63) is 30.3 Å². The van der Waals surface area contributed by atoms with Gasteiger partial charge in [-0.1, -0.05) is 18.2 Å². The molecule has 0 bridgehead atoms. The molecule has 4 atom stereocenters. The van der Waals surface area contributed by atoms with E-state index in [-0.39, 0.29) is 19.7 Å². The van der Waals surface area contributed by atoms with Crippen LogP contribution in [0, 0.1) is 0 Å². The van der Waals surface area contributed by atoms with Crippen molar-refractivity contribution in [2.75, 3.05) is 20.3 Å². The lowest BCUT2D eigenvalue weighted by Crippen LogP contribution is -2.71. The summed E-state index contributed by atoms with van der Waals surface area (Å²) in [6, 6.07) is 7.13. The molecule has 28 heavy (non-hydrogen) atoms. The van der Waals surface area contributed by atoms with Gasteiger partial charge in [-0.2, -0.15) is 0 Å². The topological polar surface area (TPSA) is 111 Å². The van der Waals surface area contributed by atoms with Crippen LogP contribution in [0.5, 0.6) is 5.75 Å². The Bertz CT molecular complexity index is 774. The molecule has 2 amide bonds. The third-order valence-electron chi connectivity index (χ3n) is 4.62. The van der Waals surface area contributed by atoms with Crippen molar-refractivity contribution < 1.29 is 33.4 Å². The number of para-hydroxylation sites is 1. The van der Waals surface area contributed by atoms with Crippen LogP contribution in [0.1, 0.15) is 6.92 Å². The third kappa shape index (κ3) is 3.64. The molecule has 1 N–H and O–H groups in total. The van der Waals surface area contributed by atoms with Crippen LogP contribution in [0.2, 0.25) is 0 Å². The van der Waals surface area contributed by atoms with Crippen LogP contribution in [0.4, 0.5) is 0 Å². The van der Waals surface area contributed by atoms with Gasteiger partial charge in [0.25, 0.3) is 12.4 Å². The predicted octanol–water partition coefficient (Wildman–Crippen LogP) is -0.0614. The number of nitrogens with zero attached hydrogens (tertiary/aromatic N) is 1. The fourth-order valence-corrected chi connectivity index (χ4v) is 5.01. The first-order valence-corrected chi connectivity index (χ1v) is 9.39. The molecule has 0 aliphatic carbocycles. The van der Waals surface area contributed by atoms with Gasteiger partial charge >= 0.3 is 5.97 Å². The van der Waals surface area contributed by atoms with Crippen molar-refractivity contribution in [3.8, 4) is 5.75 Å². The number of benzene rings is 1. The summed E-state index contributed by atoms with van der Waals surface area (Å²) in [7, 11) is 1.23. The first kappa shape index (κ1) is 20.0. The van der Waals surface area contributed by atoms with Crippen molar-refractivity contribution in [2.24, 2.45) is 0 Å². The molecule has 150 valence electrons. The minimum absolute atomic E-state index is 0.0704. The number of ether oxygens (including phenoxy) is 3. The van der Waals surface area contributed by atoms with Gasteiger partial charge in [0.15, 0.2) is 6.61 Å². The second-order valence-corrected chi connectivity index (χ2v) is 8.20. The van der Waals surface area contributed by atoms with E-state index in [1.54, 1.807) is 31.2 Å². The van der Waals surface area contributed by atoms with Crippen molar-refractivity contribution >= 4 is 36.0 Å². The van der Waals surface area contributed by atoms with E-state index in [1.165, 1.54) is 23.8 Å². The minimum Gasteiger partial charge on any atom is -0.484 e. The Morgan fingerprint density at radius 2 is 2.04 bits per heavy atom. The third-order valence-corrected chi connectivity index (χ3v) is 6.24. The first-order valence-electron chi connectivity index (χ1n) is 8.51. The first-order chi connectivity index (χ1) is 13.4. The number of amides is 2. The molecule has 1 aromatic rings. The molecule has 2 aliphatic heterocycles. The van der Waals surface area contributed by atoms with Gasteiger partial charge in [-0.25, -0.2) is 4.79 Å². The summed E-state index contributed by atoms with van der Waals surface area (Å²) in [5.41, 5.74) is 0. The van der Waals surface area contributed by atoms with Crippen LogP contribution in [0.15, 0.2) is 30.3 Å². The van der Waals surface area contributed by atoms with Gasteiger partial charge in [-0.15, -0.1) is 11.8 Å². The molecule has 2 heterocycles. The number of carbonyl (C=O) groups is 4. The van der Waals surface area contributed by atoms with Gasteiger partial charge in [-0.05, 0) is 19.1 Å². The van der Waals surface area contributed by atoms with Gasteiger partial charge < -0.3 is 24.4 Å². The normalized spacial score (nSPS) is 28.0. The summed E-state index contributed by atoms with van der Waals surface area (Å²) in [4.78, 5) is 49.0. The molecule has 1 aromatic carbocycles. The largest absolute Gasteiger partial charge is 0.484 e. The van der Waals surface area contributed by atoms with Crippen LogP contribution in [0.3, 0.4) is 0 Å². The van der Waals surface area contributed by atoms with Crippen LogP contribution in [0.25, 0.3) is 0 Å². The monoisotopic (exact) mass is 408 g/mol. The highest BCUT2D eigenvalue weighted by Crippen LogP contribution is 2.51. The Hall–Kier alpha value is -2.75. The zero-order chi connectivity index (χ0) is 20.3. The molecular weight excluding hydrogens is 388 g/mol. The fourth-order valence-electron chi connectivity index (χ4n) is 3.32. The van der Waals surface area contributed by atoms with Gasteiger partial charge in [0.2, 0.25) is 5.91 Å². The number of carbonyl (C=O) groups excluding carboxylic acids is 4. The summed E-state index contributed by atoms with van der Waals surface area (Å²) >= 11 is 1.29. The second kappa shape index (κ2) is 8.09. The number of β-lactam (4-membered cyclic amide) rings is 1. The second-order valence-electron chi connectivity index (χ2n) is 6.55. The fraction of sp³-hybridized carbons (Fsp3) is 0.444. The van der Waals surface area contributed by atoms with E-state index >= 15 is 0 Å². The van der Waals surface area contributed by atoms with Crippen molar-refractivity contribution in [1.29, 1.82) is 0 Å². The van der Waals surface area contributed by atoms with Crippen LogP contribution >= 0.6 is 11.8 Å². The lowest BCUT2D eigenvalue weighted by molar-refractivity contribution is -0.164. The SMILES string of the molecule is COC(=O)C1N2C(=O)C(NC(=O)COc3ccccc3)C2SC1(C)COC=O. The Morgan fingerprint density at radius 1 is 1.32 bits per heavy atom. The molecule has 0 saturated carbocycles. The van der Waals surface area contributed by atoms with E-state index in [4.69, 9.17) is 14.2 Å². The standard InChI is InChI=1S/C18H20N2O7S/c1-18(9-26-10-21)14(17(24)25-2)20-15(23)13(16(20)28-18)19-12(22)8-27-11-6-4-3-5-7-11/h3-7,10,13-14,16H,8-9H2,1-2H3,(H,19,22). The van der Waals surface area contributed by atoms with Gasteiger partial charge in [0, 0.05) is 0 Å². The molecule has 2 aliphatic rings. The van der Waals surface area contributed by atoms with Crippen molar-refractivity contribution in [3.63, 3.8) is 0 Å². The summed E-state index contributed by atoms with van der Waals surface area (Å²) < 4.78 is 14.2. The molecule has 9 nitrogen and oxygen atoms in total. The molecule has 2 saturated heterocycles. The Morgan fingerprint density at radius 3 is 2.68 bits per heavy atom. The number of methoxy groups -OCH3 is 1. The van der Waals surface area contributed by atoms with Crippen LogP contribution in [-0.2, 0) is 28.7 Å². The van der Waals surface area contributed by atoms with Crippen LogP contribution in [-0.4, -0.2) is 71.7 Å². The number of hydrogen-bond donors (Lipinski definition) is 1. The molecule has 0 spiro atoms. The van der Waals surface area contributed by atoms with Crippen molar-refractivity contribution in [1.82, 2.24) is 10.2 Å². The molecule has 2 fully saturated rings. The quantitative estimate of drug-likeness (QED) is 0.362. The predicted molar refractivity (Wildman–Crippen MR) is 98.3 cm³/mol. The van der Waals surface area contributed by atoms with Crippen molar-refractivity contribution in [2.45, 2.75) is 29.1 Å². The molecule has 0 radical (unpaired) electrons. The number of hydrogen-bond acceptors (Lipinski definition) is 8. The highest BCUT2D eigenvalue weighted by Gasteiger charge is 2.66.